The Morgan fingerprint density at radius 1 is 1.46 bits per heavy atom. The lowest BCUT2D eigenvalue weighted by atomic mass is 10.2. The molecule has 3 nitrogen and oxygen atoms in total. The van der Waals surface area contributed by atoms with Gasteiger partial charge in [0.1, 0.15) is 5.52 Å². The zero-order valence-electron chi connectivity index (χ0n) is 7.28. The molecule has 0 fully saturated rings. The molecule has 2 rings (SSSR count). The minimum Gasteiger partial charge on any atom is -0.441 e. The van der Waals surface area contributed by atoms with E-state index in [1.165, 1.54) is 0 Å². The Hall–Kier alpha value is -1.06. The number of nitrogens with two attached hydrogens (primary N) is 1. The summed E-state index contributed by atoms with van der Waals surface area (Å²) in [5.74, 6) is 0.686. The average Bonchev–Trinajstić information content (AvgIpc) is 2.44. The van der Waals surface area contributed by atoms with Crippen LogP contribution < -0.4 is 5.73 Å². The molecule has 1 aromatic carbocycles. The van der Waals surface area contributed by atoms with Gasteiger partial charge in [0.25, 0.3) is 0 Å². The highest BCUT2D eigenvalue weighted by Crippen LogP contribution is 2.18. The van der Waals surface area contributed by atoms with Gasteiger partial charge in [-0.3, -0.25) is 0 Å². The zero-order chi connectivity index (χ0) is 8.55. The summed E-state index contributed by atoms with van der Waals surface area (Å²) in [7, 11) is 0. The number of oxazole rings is 1. The maximum atomic E-state index is 5.54. The van der Waals surface area contributed by atoms with Crippen LogP contribution in [0.15, 0.2) is 22.6 Å². The Labute approximate surface area is 82.3 Å². The van der Waals surface area contributed by atoms with Crippen molar-refractivity contribution >= 4 is 23.5 Å². The van der Waals surface area contributed by atoms with Crippen LogP contribution in [0.25, 0.3) is 11.1 Å². The van der Waals surface area contributed by atoms with Crippen molar-refractivity contribution in [1.82, 2.24) is 4.98 Å². The maximum Gasteiger partial charge on any atom is 0.192 e. The second-order valence-electron chi connectivity index (χ2n) is 2.70. The number of fused-ring (bicyclic) bond motifs is 1. The van der Waals surface area contributed by atoms with E-state index in [4.69, 9.17) is 10.2 Å². The normalized spacial score (nSPS) is 10.0. The summed E-state index contributed by atoms with van der Waals surface area (Å²) in [5.41, 5.74) is 8.25. The van der Waals surface area contributed by atoms with Gasteiger partial charge in [-0.25, -0.2) is 4.98 Å². The smallest absolute Gasteiger partial charge is 0.192 e. The molecule has 0 atom stereocenters. The van der Waals surface area contributed by atoms with Gasteiger partial charge < -0.3 is 10.2 Å². The number of hydrogen-bond acceptors (Lipinski definition) is 3. The van der Waals surface area contributed by atoms with Gasteiger partial charge in [-0.05, 0) is 6.07 Å². The largest absolute Gasteiger partial charge is 0.441 e. The van der Waals surface area contributed by atoms with Gasteiger partial charge in [0.15, 0.2) is 11.5 Å². The fourth-order valence-corrected chi connectivity index (χ4v) is 1.28. The number of aryl methyl sites for hydroxylation is 1. The molecule has 2 N–H and O–H groups in total. The van der Waals surface area contributed by atoms with E-state index in [0.717, 1.165) is 16.7 Å². The molecule has 70 valence electrons. The highest BCUT2D eigenvalue weighted by molar-refractivity contribution is 5.85. The molecule has 0 saturated carbocycles. The van der Waals surface area contributed by atoms with Crippen LogP contribution in [0.4, 0.5) is 0 Å². The Balaban J connectivity index is 0.000000845. The minimum atomic E-state index is 0. The van der Waals surface area contributed by atoms with Gasteiger partial charge >= 0.3 is 0 Å². The molecule has 0 spiro atoms. The summed E-state index contributed by atoms with van der Waals surface area (Å²) >= 11 is 0. The molecule has 0 bridgehead atoms. The van der Waals surface area contributed by atoms with Crippen LogP contribution in [-0.2, 0) is 6.54 Å². The summed E-state index contributed by atoms with van der Waals surface area (Å²) in [5, 5.41) is 0. The van der Waals surface area contributed by atoms with Crippen molar-refractivity contribution in [2.75, 3.05) is 0 Å². The van der Waals surface area contributed by atoms with Crippen molar-refractivity contribution in [2.24, 2.45) is 5.73 Å². The van der Waals surface area contributed by atoms with E-state index in [0.29, 0.717) is 12.4 Å². The van der Waals surface area contributed by atoms with E-state index in [9.17, 15) is 0 Å². The minimum absolute atomic E-state index is 0. The van der Waals surface area contributed by atoms with Crippen molar-refractivity contribution in [3.05, 3.63) is 29.7 Å². The summed E-state index contributed by atoms with van der Waals surface area (Å²) in [6, 6.07) is 5.81. The van der Waals surface area contributed by atoms with E-state index in [1.54, 1.807) is 0 Å². The molecule has 0 radical (unpaired) electrons. The van der Waals surface area contributed by atoms with Gasteiger partial charge in [0.2, 0.25) is 0 Å². The summed E-state index contributed by atoms with van der Waals surface area (Å²) in [6.45, 7) is 2.33. The van der Waals surface area contributed by atoms with Crippen molar-refractivity contribution in [2.45, 2.75) is 13.5 Å². The fraction of sp³-hybridized carbons (Fsp3) is 0.222. The lowest BCUT2D eigenvalue weighted by Crippen LogP contribution is -1.95. The predicted molar refractivity (Wildman–Crippen MR) is 53.9 cm³/mol. The quantitative estimate of drug-likeness (QED) is 0.763. The Morgan fingerprint density at radius 3 is 2.92 bits per heavy atom. The molecule has 0 aliphatic heterocycles. The molecule has 1 heterocycles. The second-order valence-corrected chi connectivity index (χ2v) is 2.70. The van der Waals surface area contributed by atoms with Gasteiger partial charge in [0.05, 0.1) is 0 Å². The first-order valence-electron chi connectivity index (χ1n) is 3.86. The van der Waals surface area contributed by atoms with Crippen LogP contribution in [0.3, 0.4) is 0 Å². The summed E-state index contributed by atoms with van der Waals surface area (Å²) in [6.07, 6.45) is 0. The molecule has 0 aliphatic carbocycles. The third-order valence-corrected chi connectivity index (χ3v) is 1.82. The van der Waals surface area contributed by atoms with Crippen LogP contribution in [0.2, 0.25) is 0 Å². The van der Waals surface area contributed by atoms with E-state index in [-0.39, 0.29) is 12.4 Å². The van der Waals surface area contributed by atoms with Crippen LogP contribution in [0, 0.1) is 6.92 Å². The summed E-state index contributed by atoms with van der Waals surface area (Å²) in [4.78, 5) is 4.20. The molecule has 0 unspecified atom stereocenters. The molecular formula is C9H11ClN2O. The Bertz CT molecular complexity index is 411. The fourth-order valence-electron chi connectivity index (χ4n) is 1.28. The van der Waals surface area contributed by atoms with Crippen LogP contribution >= 0.6 is 12.4 Å². The topological polar surface area (TPSA) is 52.0 Å². The third kappa shape index (κ3) is 1.66. The van der Waals surface area contributed by atoms with Crippen LogP contribution in [-0.4, -0.2) is 4.98 Å². The van der Waals surface area contributed by atoms with Crippen molar-refractivity contribution in [3.8, 4) is 0 Å². The van der Waals surface area contributed by atoms with Gasteiger partial charge in [-0.15, -0.1) is 12.4 Å². The maximum absolute atomic E-state index is 5.54. The number of aromatic nitrogens is 1. The first kappa shape index (κ1) is 10.0. The number of rotatable bonds is 1. The predicted octanol–water partition coefficient (Wildman–Crippen LogP) is 2.02. The molecule has 0 aliphatic rings. The standard InChI is InChI=1S/C9H10N2O.ClH/c1-6-11-8-4-2-3-7(5-10)9(8)12-6;/h2-4H,5,10H2,1H3;1H. The molecule has 2 aromatic rings. The highest BCUT2D eigenvalue weighted by atomic mass is 35.5. The number of nitrogens with zero attached hydrogens (tertiary/aromatic N) is 1. The van der Waals surface area contributed by atoms with Gasteiger partial charge in [0, 0.05) is 19.0 Å². The van der Waals surface area contributed by atoms with Crippen LogP contribution in [0.1, 0.15) is 11.5 Å². The molecule has 0 amide bonds. The third-order valence-electron chi connectivity index (χ3n) is 1.82. The average molecular weight is 199 g/mol. The van der Waals surface area contributed by atoms with E-state index >= 15 is 0 Å². The van der Waals surface area contributed by atoms with E-state index in [1.807, 2.05) is 25.1 Å². The van der Waals surface area contributed by atoms with Gasteiger partial charge in [-0.2, -0.15) is 0 Å². The van der Waals surface area contributed by atoms with Crippen LogP contribution in [0.5, 0.6) is 0 Å². The zero-order valence-corrected chi connectivity index (χ0v) is 8.10. The first-order valence-corrected chi connectivity index (χ1v) is 3.86. The number of halogens is 1. The van der Waals surface area contributed by atoms with Crippen molar-refractivity contribution in [1.29, 1.82) is 0 Å². The number of para-hydroxylation sites is 1. The molecule has 1 aromatic heterocycles. The van der Waals surface area contributed by atoms with E-state index < -0.39 is 0 Å². The van der Waals surface area contributed by atoms with Gasteiger partial charge in [-0.1, -0.05) is 12.1 Å². The lowest BCUT2D eigenvalue weighted by molar-refractivity contribution is 0.557. The van der Waals surface area contributed by atoms with Crippen molar-refractivity contribution in [3.63, 3.8) is 0 Å². The number of hydrogen-bond donors (Lipinski definition) is 1. The first-order chi connectivity index (χ1) is 5.81. The monoisotopic (exact) mass is 198 g/mol. The molecule has 0 saturated heterocycles. The number of benzene rings is 1. The summed E-state index contributed by atoms with van der Waals surface area (Å²) < 4.78 is 5.40. The van der Waals surface area contributed by atoms with Crippen molar-refractivity contribution < 1.29 is 4.42 Å². The lowest BCUT2D eigenvalue weighted by Gasteiger charge is -1.94. The Morgan fingerprint density at radius 2 is 2.23 bits per heavy atom. The molecule has 4 heteroatoms. The highest BCUT2D eigenvalue weighted by Gasteiger charge is 2.04. The SMILES string of the molecule is Cc1nc2cccc(CN)c2o1.Cl. The molecular weight excluding hydrogens is 188 g/mol. The van der Waals surface area contributed by atoms with E-state index in [2.05, 4.69) is 4.98 Å². The Kier molecular flexibility index (Phi) is 2.90. The second kappa shape index (κ2) is 3.77. The molecule has 13 heavy (non-hydrogen) atoms.